The van der Waals surface area contributed by atoms with E-state index in [1.807, 2.05) is 0 Å². The third-order valence-electron chi connectivity index (χ3n) is 2.76. The molecule has 2 nitrogen and oxygen atoms in total. The molecule has 2 rings (SSSR count). The van der Waals surface area contributed by atoms with Crippen molar-refractivity contribution in [3.63, 3.8) is 0 Å². The molecule has 1 atom stereocenters. The first kappa shape index (κ1) is 14.0. The molecule has 0 heterocycles. The molecule has 0 aromatic heterocycles. The Bertz CT molecular complexity index is 604. The minimum atomic E-state index is -0.404. The second kappa shape index (κ2) is 5.68. The maximum atomic E-state index is 13.2. The van der Waals surface area contributed by atoms with Crippen molar-refractivity contribution in [1.82, 2.24) is 0 Å². The molecule has 0 saturated heterocycles. The summed E-state index contributed by atoms with van der Waals surface area (Å²) >= 11 is 11.9. The van der Waals surface area contributed by atoms with Gasteiger partial charge in [-0.1, -0.05) is 23.2 Å². The van der Waals surface area contributed by atoms with Crippen LogP contribution in [-0.2, 0) is 0 Å². The van der Waals surface area contributed by atoms with Gasteiger partial charge in [0.25, 0.3) is 0 Å². The van der Waals surface area contributed by atoms with Gasteiger partial charge in [0.05, 0.1) is 16.8 Å². The highest BCUT2D eigenvalue weighted by Gasteiger charge is 2.13. The lowest BCUT2D eigenvalue weighted by atomic mass is 10.1. The van der Waals surface area contributed by atoms with Gasteiger partial charge in [0.15, 0.2) is 0 Å². The Kier molecular flexibility index (Phi) is 4.17. The summed E-state index contributed by atoms with van der Waals surface area (Å²) in [6.45, 7) is 1.80. The van der Waals surface area contributed by atoms with Gasteiger partial charge in [0.2, 0.25) is 0 Å². The smallest absolute Gasteiger partial charge is 0.123 e. The number of nitrogens with one attached hydrogen (secondary N) is 1. The zero-order valence-electron chi connectivity index (χ0n) is 10.1. The average molecular weight is 300 g/mol. The Hall–Kier alpha value is -1.45. The molecule has 0 radical (unpaired) electrons. The molecule has 2 N–H and O–H groups in total. The summed E-state index contributed by atoms with van der Waals surface area (Å²) in [6, 6.07) is 8.53. The maximum Gasteiger partial charge on any atom is 0.123 e. The number of anilines is 1. The fourth-order valence-corrected chi connectivity index (χ4v) is 2.14. The second-order valence-corrected chi connectivity index (χ2v) is 5.04. The van der Waals surface area contributed by atoms with E-state index in [0.717, 1.165) is 0 Å². The van der Waals surface area contributed by atoms with E-state index >= 15 is 0 Å². The molecule has 5 heteroatoms. The highest BCUT2D eigenvalue weighted by atomic mass is 35.5. The number of halogens is 3. The summed E-state index contributed by atoms with van der Waals surface area (Å²) in [4.78, 5) is 0. The molecule has 100 valence electrons. The summed E-state index contributed by atoms with van der Waals surface area (Å²) in [5, 5.41) is 13.9. The Balaban J connectivity index is 2.27. The average Bonchev–Trinajstić information content (AvgIpc) is 2.36. The topological polar surface area (TPSA) is 32.3 Å². The van der Waals surface area contributed by atoms with E-state index in [0.29, 0.717) is 21.3 Å². The molecule has 2 aromatic rings. The predicted molar refractivity (Wildman–Crippen MR) is 76.6 cm³/mol. The van der Waals surface area contributed by atoms with E-state index in [9.17, 15) is 9.50 Å². The highest BCUT2D eigenvalue weighted by molar-refractivity contribution is 6.35. The van der Waals surface area contributed by atoms with Crippen LogP contribution < -0.4 is 5.32 Å². The summed E-state index contributed by atoms with van der Waals surface area (Å²) < 4.78 is 13.2. The molecule has 0 amide bonds. The molecule has 0 aliphatic heterocycles. The summed E-state index contributed by atoms with van der Waals surface area (Å²) in [7, 11) is 0. The lowest BCUT2D eigenvalue weighted by Crippen LogP contribution is -2.07. The lowest BCUT2D eigenvalue weighted by molar-refractivity contribution is 0.462. The van der Waals surface area contributed by atoms with Crippen molar-refractivity contribution in [2.24, 2.45) is 0 Å². The van der Waals surface area contributed by atoms with Crippen LogP contribution in [0.2, 0.25) is 10.0 Å². The van der Waals surface area contributed by atoms with E-state index in [2.05, 4.69) is 5.32 Å². The highest BCUT2D eigenvalue weighted by Crippen LogP contribution is 2.31. The van der Waals surface area contributed by atoms with Gasteiger partial charge in [-0.3, -0.25) is 0 Å². The summed E-state index contributed by atoms with van der Waals surface area (Å²) in [6.07, 6.45) is 0. The fourth-order valence-electron chi connectivity index (χ4n) is 1.79. The molecule has 19 heavy (non-hydrogen) atoms. The van der Waals surface area contributed by atoms with Crippen molar-refractivity contribution in [2.45, 2.75) is 13.0 Å². The molecule has 0 spiro atoms. The van der Waals surface area contributed by atoms with Crippen molar-refractivity contribution >= 4 is 28.9 Å². The van der Waals surface area contributed by atoms with Crippen molar-refractivity contribution in [3.8, 4) is 5.75 Å². The monoisotopic (exact) mass is 299 g/mol. The van der Waals surface area contributed by atoms with Gasteiger partial charge in [-0.05, 0) is 43.3 Å². The number of benzene rings is 2. The van der Waals surface area contributed by atoms with E-state index < -0.39 is 5.82 Å². The number of aromatic hydroxyl groups is 1. The zero-order valence-corrected chi connectivity index (χ0v) is 11.6. The molecular weight excluding hydrogens is 288 g/mol. The molecule has 0 fully saturated rings. The molecular formula is C14H12Cl2FNO. The summed E-state index contributed by atoms with van der Waals surface area (Å²) in [5.41, 5.74) is 1.08. The quantitative estimate of drug-likeness (QED) is 0.835. The van der Waals surface area contributed by atoms with Crippen molar-refractivity contribution in [2.75, 3.05) is 5.32 Å². The molecule has 0 saturated carbocycles. The van der Waals surface area contributed by atoms with Gasteiger partial charge in [-0.25, -0.2) is 4.39 Å². The maximum absolute atomic E-state index is 13.2. The Morgan fingerprint density at radius 1 is 1.16 bits per heavy atom. The minimum Gasteiger partial charge on any atom is -0.508 e. The van der Waals surface area contributed by atoms with E-state index in [4.69, 9.17) is 23.2 Å². The van der Waals surface area contributed by atoms with Crippen molar-refractivity contribution in [1.29, 1.82) is 0 Å². The number of phenols is 1. The largest absolute Gasteiger partial charge is 0.508 e. The molecule has 2 aromatic carbocycles. The minimum absolute atomic E-state index is 0.0274. The number of hydrogen-bond donors (Lipinski definition) is 2. The normalized spacial score (nSPS) is 12.2. The number of rotatable bonds is 3. The second-order valence-electron chi connectivity index (χ2n) is 4.19. The van der Waals surface area contributed by atoms with Crippen molar-refractivity contribution in [3.05, 3.63) is 57.8 Å². The molecule has 0 aliphatic rings. The van der Waals surface area contributed by atoms with Crippen LogP contribution >= 0.6 is 23.2 Å². The van der Waals surface area contributed by atoms with Crippen LogP contribution in [0.5, 0.6) is 5.75 Å². The van der Waals surface area contributed by atoms with Gasteiger partial charge in [0.1, 0.15) is 11.6 Å². The van der Waals surface area contributed by atoms with E-state index in [1.165, 1.54) is 18.2 Å². The number of hydrogen-bond acceptors (Lipinski definition) is 2. The SMILES string of the molecule is CC(Nc1cc(Cl)ccc1Cl)c1cc(F)ccc1O. The van der Waals surface area contributed by atoms with Crippen LogP contribution in [0, 0.1) is 5.82 Å². The van der Waals surface area contributed by atoms with Crippen LogP contribution in [0.15, 0.2) is 36.4 Å². The predicted octanol–water partition coefficient (Wildman–Crippen LogP) is 5.01. The zero-order chi connectivity index (χ0) is 14.0. The Labute approximate surface area is 120 Å². The first-order valence-electron chi connectivity index (χ1n) is 5.67. The van der Waals surface area contributed by atoms with Crippen molar-refractivity contribution < 1.29 is 9.50 Å². The third kappa shape index (κ3) is 3.31. The standard InChI is InChI=1S/C14H12Cl2FNO/c1-8(11-7-10(17)3-5-14(11)19)18-13-6-9(15)2-4-12(13)16/h2-8,18-19H,1H3. The van der Waals surface area contributed by atoms with Gasteiger partial charge in [-0.15, -0.1) is 0 Å². The molecule has 1 unspecified atom stereocenters. The van der Waals surface area contributed by atoms with Crippen LogP contribution in [0.4, 0.5) is 10.1 Å². The van der Waals surface area contributed by atoms with Gasteiger partial charge in [0, 0.05) is 10.6 Å². The van der Waals surface area contributed by atoms with Gasteiger partial charge in [-0.2, -0.15) is 0 Å². The van der Waals surface area contributed by atoms with Gasteiger partial charge >= 0.3 is 0 Å². The first-order chi connectivity index (χ1) is 8.97. The van der Waals surface area contributed by atoms with Crippen LogP contribution in [-0.4, -0.2) is 5.11 Å². The van der Waals surface area contributed by atoms with Crippen LogP contribution in [0.25, 0.3) is 0 Å². The fraction of sp³-hybridized carbons (Fsp3) is 0.143. The first-order valence-corrected chi connectivity index (χ1v) is 6.43. The molecule has 0 bridgehead atoms. The lowest BCUT2D eigenvalue weighted by Gasteiger charge is -2.18. The van der Waals surface area contributed by atoms with E-state index in [-0.39, 0.29) is 11.8 Å². The molecule has 0 aliphatic carbocycles. The van der Waals surface area contributed by atoms with E-state index in [1.54, 1.807) is 25.1 Å². The number of phenolic OH excluding ortho intramolecular Hbond substituents is 1. The third-order valence-corrected chi connectivity index (χ3v) is 3.32. The Morgan fingerprint density at radius 2 is 1.89 bits per heavy atom. The van der Waals surface area contributed by atoms with Gasteiger partial charge < -0.3 is 10.4 Å². The Morgan fingerprint density at radius 3 is 2.63 bits per heavy atom. The van der Waals surface area contributed by atoms with Crippen LogP contribution in [0.3, 0.4) is 0 Å². The van der Waals surface area contributed by atoms with Crippen LogP contribution in [0.1, 0.15) is 18.5 Å². The summed E-state index contributed by atoms with van der Waals surface area (Å²) in [5.74, 6) is -0.377.